The number of rotatable bonds is 6. The van der Waals surface area contributed by atoms with Gasteiger partial charge in [-0.15, -0.1) is 0 Å². The molecular formula is C14H20N2O5. The minimum atomic E-state index is -0.473. The minimum Gasteiger partial charge on any atom is -0.493 e. The SMILES string of the molecule is CCCC(=O)NNC(=O)c1cc(OC)c(OC)c(OC)c1. The van der Waals surface area contributed by atoms with Crippen molar-refractivity contribution in [3.05, 3.63) is 17.7 Å². The third kappa shape index (κ3) is 4.27. The lowest BCUT2D eigenvalue weighted by Gasteiger charge is -2.14. The van der Waals surface area contributed by atoms with Gasteiger partial charge in [0.25, 0.3) is 5.91 Å². The highest BCUT2D eigenvalue weighted by molar-refractivity contribution is 5.96. The largest absolute Gasteiger partial charge is 0.493 e. The second-order valence-corrected chi connectivity index (χ2v) is 4.17. The fraction of sp³-hybridized carbons (Fsp3) is 0.429. The van der Waals surface area contributed by atoms with E-state index >= 15 is 0 Å². The van der Waals surface area contributed by atoms with Crippen molar-refractivity contribution in [2.75, 3.05) is 21.3 Å². The third-order valence-corrected chi connectivity index (χ3v) is 2.72. The van der Waals surface area contributed by atoms with Crippen molar-refractivity contribution in [1.82, 2.24) is 10.9 Å². The van der Waals surface area contributed by atoms with E-state index in [-0.39, 0.29) is 11.5 Å². The fourth-order valence-corrected chi connectivity index (χ4v) is 1.70. The van der Waals surface area contributed by atoms with Crippen LogP contribution in [0, 0.1) is 0 Å². The molecule has 0 fully saturated rings. The lowest BCUT2D eigenvalue weighted by Crippen LogP contribution is -2.41. The van der Waals surface area contributed by atoms with Crippen LogP contribution >= 0.6 is 0 Å². The summed E-state index contributed by atoms with van der Waals surface area (Å²) >= 11 is 0. The number of hydrogen-bond donors (Lipinski definition) is 2. The second kappa shape index (κ2) is 7.98. The molecule has 7 nitrogen and oxygen atoms in total. The first-order valence-electron chi connectivity index (χ1n) is 6.46. The molecule has 0 aromatic heterocycles. The van der Waals surface area contributed by atoms with E-state index in [1.54, 1.807) is 0 Å². The maximum absolute atomic E-state index is 12.0. The Morgan fingerprint density at radius 2 is 1.57 bits per heavy atom. The van der Waals surface area contributed by atoms with Gasteiger partial charge in [0.2, 0.25) is 11.7 Å². The van der Waals surface area contributed by atoms with E-state index < -0.39 is 5.91 Å². The number of carbonyl (C=O) groups is 2. The Kier molecular flexibility index (Phi) is 6.32. The highest BCUT2D eigenvalue weighted by Gasteiger charge is 2.17. The Hall–Kier alpha value is -2.44. The summed E-state index contributed by atoms with van der Waals surface area (Å²) < 4.78 is 15.5. The lowest BCUT2D eigenvalue weighted by atomic mass is 10.1. The van der Waals surface area contributed by atoms with Gasteiger partial charge < -0.3 is 14.2 Å². The highest BCUT2D eigenvalue weighted by Crippen LogP contribution is 2.38. The first kappa shape index (κ1) is 16.6. The van der Waals surface area contributed by atoms with Crippen LogP contribution in [0.1, 0.15) is 30.1 Å². The highest BCUT2D eigenvalue weighted by atomic mass is 16.5. The van der Waals surface area contributed by atoms with Crippen molar-refractivity contribution < 1.29 is 23.8 Å². The van der Waals surface area contributed by atoms with E-state index in [1.807, 2.05) is 6.92 Å². The third-order valence-electron chi connectivity index (χ3n) is 2.72. The topological polar surface area (TPSA) is 85.9 Å². The number of amides is 2. The molecule has 0 radical (unpaired) electrons. The Morgan fingerprint density at radius 1 is 1.00 bits per heavy atom. The molecule has 0 unspecified atom stereocenters. The van der Waals surface area contributed by atoms with Gasteiger partial charge in [0, 0.05) is 12.0 Å². The summed E-state index contributed by atoms with van der Waals surface area (Å²) in [6.07, 6.45) is 1.04. The van der Waals surface area contributed by atoms with Gasteiger partial charge in [-0.3, -0.25) is 20.4 Å². The molecule has 0 atom stereocenters. The average molecular weight is 296 g/mol. The molecule has 2 amide bonds. The van der Waals surface area contributed by atoms with Crippen molar-refractivity contribution in [3.8, 4) is 17.2 Å². The predicted octanol–water partition coefficient (Wildman–Crippen LogP) is 1.27. The number of hydrazine groups is 1. The predicted molar refractivity (Wildman–Crippen MR) is 76.6 cm³/mol. The number of ether oxygens (including phenoxy) is 3. The van der Waals surface area contributed by atoms with Crippen molar-refractivity contribution in [2.24, 2.45) is 0 Å². The van der Waals surface area contributed by atoms with Crippen LogP contribution in [0.3, 0.4) is 0 Å². The molecule has 116 valence electrons. The number of benzene rings is 1. The maximum Gasteiger partial charge on any atom is 0.269 e. The van der Waals surface area contributed by atoms with Crippen LogP contribution in [0.2, 0.25) is 0 Å². The van der Waals surface area contributed by atoms with Crippen molar-refractivity contribution in [1.29, 1.82) is 0 Å². The molecule has 2 N–H and O–H groups in total. The Labute approximate surface area is 123 Å². The molecule has 0 aliphatic heterocycles. The summed E-state index contributed by atoms with van der Waals surface area (Å²) in [6, 6.07) is 3.01. The van der Waals surface area contributed by atoms with E-state index in [1.165, 1.54) is 33.5 Å². The van der Waals surface area contributed by atoms with E-state index in [2.05, 4.69) is 10.9 Å². The molecule has 0 aliphatic carbocycles. The zero-order valence-electron chi connectivity index (χ0n) is 12.6. The molecule has 0 saturated carbocycles. The van der Waals surface area contributed by atoms with Gasteiger partial charge in [0.05, 0.1) is 21.3 Å². The average Bonchev–Trinajstić information content (AvgIpc) is 2.51. The van der Waals surface area contributed by atoms with Crippen LogP contribution in [0.4, 0.5) is 0 Å². The number of nitrogens with one attached hydrogen (secondary N) is 2. The monoisotopic (exact) mass is 296 g/mol. The van der Waals surface area contributed by atoms with E-state index in [4.69, 9.17) is 14.2 Å². The summed E-state index contributed by atoms with van der Waals surface area (Å²) in [7, 11) is 4.40. The number of methoxy groups -OCH3 is 3. The van der Waals surface area contributed by atoms with Crippen LogP contribution < -0.4 is 25.1 Å². The van der Waals surface area contributed by atoms with Gasteiger partial charge >= 0.3 is 0 Å². The summed E-state index contributed by atoms with van der Waals surface area (Å²) in [5, 5.41) is 0. The molecule has 0 heterocycles. The molecule has 1 aromatic carbocycles. The molecular weight excluding hydrogens is 276 g/mol. The van der Waals surface area contributed by atoms with Gasteiger partial charge in [-0.2, -0.15) is 0 Å². The summed E-state index contributed by atoms with van der Waals surface area (Å²) in [4.78, 5) is 23.3. The van der Waals surface area contributed by atoms with Crippen LogP contribution in [0.15, 0.2) is 12.1 Å². The smallest absolute Gasteiger partial charge is 0.269 e. The van der Waals surface area contributed by atoms with E-state index in [0.29, 0.717) is 30.1 Å². The molecule has 0 aliphatic rings. The van der Waals surface area contributed by atoms with Gasteiger partial charge in [0.1, 0.15) is 0 Å². The number of hydrogen-bond acceptors (Lipinski definition) is 5. The van der Waals surface area contributed by atoms with Gasteiger partial charge in [-0.1, -0.05) is 6.92 Å². The molecule has 0 saturated heterocycles. The first-order chi connectivity index (χ1) is 10.1. The molecule has 7 heteroatoms. The van der Waals surface area contributed by atoms with Crippen LogP contribution in [-0.4, -0.2) is 33.1 Å². The van der Waals surface area contributed by atoms with Crippen LogP contribution in [-0.2, 0) is 4.79 Å². The molecule has 0 spiro atoms. The minimum absolute atomic E-state index is 0.252. The first-order valence-corrected chi connectivity index (χ1v) is 6.46. The summed E-state index contributed by atoms with van der Waals surface area (Å²) in [5.41, 5.74) is 4.95. The quantitative estimate of drug-likeness (QED) is 0.772. The zero-order valence-corrected chi connectivity index (χ0v) is 12.6. The Morgan fingerprint density at radius 3 is 2.00 bits per heavy atom. The van der Waals surface area contributed by atoms with Gasteiger partial charge in [-0.05, 0) is 18.6 Å². The Bertz CT molecular complexity index is 491. The molecule has 1 aromatic rings. The van der Waals surface area contributed by atoms with Crippen molar-refractivity contribution >= 4 is 11.8 Å². The summed E-state index contributed by atoms with van der Waals surface area (Å²) in [6.45, 7) is 1.88. The molecule has 1 rings (SSSR count). The normalized spacial score (nSPS) is 9.71. The Balaban J connectivity index is 2.92. The van der Waals surface area contributed by atoms with Crippen LogP contribution in [0.5, 0.6) is 17.2 Å². The second-order valence-electron chi connectivity index (χ2n) is 4.17. The maximum atomic E-state index is 12.0. The van der Waals surface area contributed by atoms with Gasteiger partial charge in [0.15, 0.2) is 11.5 Å². The zero-order chi connectivity index (χ0) is 15.8. The van der Waals surface area contributed by atoms with Crippen LogP contribution in [0.25, 0.3) is 0 Å². The van der Waals surface area contributed by atoms with Crippen molar-refractivity contribution in [3.63, 3.8) is 0 Å². The standard InChI is InChI=1S/C14H20N2O5/c1-5-6-12(17)15-16-14(18)9-7-10(19-2)13(21-4)11(8-9)20-3/h7-8H,5-6H2,1-4H3,(H,15,17)(H,16,18). The molecule has 21 heavy (non-hydrogen) atoms. The molecule has 0 bridgehead atoms. The van der Waals surface area contributed by atoms with E-state index in [0.717, 1.165) is 0 Å². The van der Waals surface area contributed by atoms with Gasteiger partial charge in [-0.25, -0.2) is 0 Å². The lowest BCUT2D eigenvalue weighted by molar-refractivity contribution is -0.121. The fourth-order valence-electron chi connectivity index (χ4n) is 1.70. The van der Waals surface area contributed by atoms with E-state index in [9.17, 15) is 9.59 Å². The summed E-state index contributed by atoms with van der Waals surface area (Å²) in [5.74, 6) is 0.396. The number of carbonyl (C=O) groups excluding carboxylic acids is 2. The van der Waals surface area contributed by atoms with Crippen molar-refractivity contribution in [2.45, 2.75) is 19.8 Å².